The summed E-state index contributed by atoms with van der Waals surface area (Å²) in [5, 5.41) is 4.13. The van der Waals surface area contributed by atoms with Gasteiger partial charge in [-0.05, 0) is 26.1 Å². The topological polar surface area (TPSA) is 44.4 Å². The molecule has 0 aliphatic heterocycles. The number of carbonyl (C=O) groups is 1. The minimum absolute atomic E-state index is 0.375. The quantitative estimate of drug-likeness (QED) is 0.678. The monoisotopic (exact) mass is 255 g/mol. The van der Waals surface area contributed by atoms with Gasteiger partial charge in [-0.2, -0.15) is 13.2 Å². The molecule has 0 rings (SSSR count). The van der Waals surface area contributed by atoms with Crippen LogP contribution in [0.4, 0.5) is 18.0 Å². The Morgan fingerprint density at radius 2 is 1.76 bits per heavy atom. The third kappa shape index (κ3) is 9.92. The van der Waals surface area contributed by atoms with Crippen molar-refractivity contribution in [2.45, 2.75) is 26.4 Å². The summed E-state index contributed by atoms with van der Waals surface area (Å²) in [5.74, 6) is 0. The molecule has 0 bridgehead atoms. The Labute approximate surface area is 99.5 Å². The van der Waals surface area contributed by atoms with Gasteiger partial charge in [-0.3, -0.25) is 0 Å². The van der Waals surface area contributed by atoms with E-state index in [2.05, 4.69) is 10.2 Å². The molecule has 0 spiro atoms. The second-order valence-electron chi connectivity index (χ2n) is 3.61. The van der Waals surface area contributed by atoms with Gasteiger partial charge >= 0.3 is 12.2 Å². The molecule has 0 saturated carbocycles. The van der Waals surface area contributed by atoms with E-state index in [1.54, 1.807) is 5.32 Å². The lowest BCUT2D eigenvalue weighted by Gasteiger charge is -2.17. The molecule has 2 N–H and O–H groups in total. The van der Waals surface area contributed by atoms with Gasteiger partial charge in [-0.25, -0.2) is 4.79 Å². The molecule has 2 amide bonds. The Balaban J connectivity index is 3.52. The number of rotatable bonds is 7. The number of hydrogen-bond acceptors (Lipinski definition) is 2. The van der Waals surface area contributed by atoms with Crippen LogP contribution >= 0.6 is 0 Å². The number of urea groups is 1. The van der Waals surface area contributed by atoms with Crippen LogP contribution < -0.4 is 10.6 Å². The average molecular weight is 255 g/mol. The van der Waals surface area contributed by atoms with E-state index >= 15 is 0 Å². The smallest absolute Gasteiger partial charge is 0.338 e. The molecule has 4 nitrogen and oxygen atoms in total. The number of hydrogen-bond donors (Lipinski definition) is 2. The zero-order chi connectivity index (χ0) is 13.3. The molecule has 17 heavy (non-hydrogen) atoms. The molecule has 0 saturated heterocycles. The first-order valence-electron chi connectivity index (χ1n) is 5.69. The van der Waals surface area contributed by atoms with Crippen LogP contribution in [0, 0.1) is 0 Å². The number of halogens is 3. The van der Waals surface area contributed by atoms with E-state index < -0.39 is 18.8 Å². The molecule has 0 aromatic carbocycles. The van der Waals surface area contributed by atoms with Crippen LogP contribution in [0.1, 0.15) is 20.3 Å². The van der Waals surface area contributed by atoms with Crippen molar-refractivity contribution in [3.05, 3.63) is 0 Å². The van der Waals surface area contributed by atoms with E-state index in [0.29, 0.717) is 6.54 Å². The Kier molecular flexibility index (Phi) is 7.69. The summed E-state index contributed by atoms with van der Waals surface area (Å²) < 4.78 is 35.3. The van der Waals surface area contributed by atoms with Crippen molar-refractivity contribution in [2.24, 2.45) is 0 Å². The molecule has 102 valence electrons. The van der Waals surface area contributed by atoms with Crippen LogP contribution in [0.25, 0.3) is 0 Å². The highest BCUT2D eigenvalue weighted by molar-refractivity contribution is 5.73. The number of alkyl halides is 3. The lowest BCUT2D eigenvalue weighted by atomic mass is 10.3. The lowest BCUT2D eigenvalue weighted by Crippen LogP contribution is -2.41. The number of carbonyl (C=O) groups excluding carboxylic acids is 1. The summed E-state index contributed by atoms with van der Waals surface area (Å²) in [6, 6.07) is -0.776. The molecule has 7 heteroatoms. The van der Waals surface area contributed by atoms with Gasteiger partial charge in [0.1, 0.15) is 6.54 Å². The predicted molar refractivity (Wildman–Crippen MR) is 59.9 cm³/mol. The van der Waals surface area contributed by atoms with Crippen molar-refractivity contribution in [2.75, 3.05) is 32.7 Å². The van der Waals surface area contributed by atoms with Gasteiger partial charge in [-0.1, -0.05) is 13.8 Å². The van der Waals surface area contributed by atoms with Crippen LogP contribution in [0.2, 0.25) is 0 Å². The largest absolute Gasteiger partial charge is 0.405 e. The van der Waals surface area contributed by atoms with Crippen molar-refractivity contribution in [1.82, 2.24) is 15.5 Å². The van der Waals surface area contributed by atoms with Gasteiger partial charge < -0.3 is 15.5 Å². The van der Waals surface area contributed by atoms with E-state index in [0.717, 1.165) is 26.1 Å². The first-order valence-corrected chi connectivity index (χ1v) is 5.69. The molecule has 0 aliphatic rings. The standard InChI is InChI=1S/C10H20F3N3O/c1-3-16(4-2)7-5-6-14-9(17)15-8-10(11,12)13/h3-8H2,1-2H3,(H2,14,15,17). The maximum atomic E-state index is 11.8. The van der Waals surface area contributed by atoms with E-state index in [1.807, 2.05) is 13.8 Å². The fourth-order valence-corrected chi connectivity index (χ4v) is 1.29. The van der Waals surface area contributed by atoms with Gasteiger partial charge in [0.05, 0.1) is 0 Å². The summed E-state index contributed by atoms with van der Waals surface area (Å²) in [5.41, 5.74) is 0. The number of nitrogens with one attached hydrogen (secondary N) is 2. The van der Waals surface area contributed by atoms with Crippen molar-refractivity contribution in [3.8, 4) is 0 Å². The zero-order valence-electron chi connectivity index (χ0n) is 10.2. The predicted octanol–water partition coefficient (Wildman–Crippen LogP) is 1.58. The molecule has 0 aromatic heterocycles. The highest BCUT2D eigenvalue weighted by atomic mass is 19.4. The fourth-order valence-electron chi connectivity index (χ4n) is 1.29. The van der Waals surface area contributed by atoms with Gasteiger partial charge in [0, 0.05) is 6.54 Å². The van der Waals surface area contributed by atoms with Crippen molar-refractivity contribution in [3.63, 3.8) is 0 Å². The highest BCUT2D eigenvalue weighted by Gasteiger charge is 2.27. The molecular weight excluding hydrogens is 235 g/mol. The van der Waals surface area contributed by atoms with Gasteiger partial charge in [0.25, 0.3) is 0 Å². The van der Waals surface area contributed by atoms with E-state index in [4.69, 9.17) is 0 Å². The van der Waals surface area contributed by atoms with E-state index in [1.165, 1.54) is 0 Å². The summed E-state index contributed by atoms with van der Waals surface area (Å²) in [4.78, 5) is 13.1. The third-order valence-corrected chi connectivity index (χ3v) is 2.28. The molecule has 0 atom stereocenters. The summed E-state index contributed by atoms with van der Waals surface area (Å²) in [7, 11) is 0. The second-order valence-corrected chi connectivity index (χ2v) is 3.61. The minimum Gasteiger partial charge on any atom is -0.338 e. The van der Waals surface area contributed by atoms with Crippen molar-refractivity contribution < 1.29 is 18.0 Å². The van der Waals surface area contributed by atoms with Gasteiger partial charge in [-0.15, -0.1) is 0 Å². The normalized spacial score (nSPS) is 11.6. The van der Waals surface area contributed by atoms with E-state index in [-0.39, 0.29) is 0 Å². The van der Waals surface area contributed by atoms with Crippen molar-refractivity contribution in [1.29, 1.82) is 0 Å². The Morgan fingerprint density at radius 3 is 2.24 bits per heavy atom. The van der Waals surface area contributed by atoms with Crippen LogP contribution in [0.5, 0.6) is 0 Å². The second kappa shape index (κ2) is 8.16. The minimum atomic E-state index is -4.36. The molecule has 0 fully saturated rings. The zero-order valence-corrected chi connectivity index (χ0v) is 10.2. The molecular formula is C10H20F3N3O. The molecule has 0 aliphatic carbocycles. The van der Waals surface area contributed by atoms with Crippen molar-refractivity contribution >= 4 is 6.03 Å². The first-order chi connectivity index (χ1) is 7.89. The first kappa shape index (κ1) is 16.0. The van der Waals surface area contributed by atoms with Crippen LogP contribution in [-0.4, -0.2) is 49.8 Å². The Morgan fingerprint density at radius 1 is 1.18 bits per heavy atom. The molecule has 0 aromatic rings. The summed E-state index contributed by atoms with van der Waals surface area (Å²) in [6.45, 7) is 5.83. The molecule has 0 heterocycles. The Bertz CT molecular complexity index is 217. The molecule has 0 unspecified atom stereocenters. The van der Waals surface area contributed by atoms with Crippen LogP contribution in [-0.2, 0) is 0 Å². The van der Waals surface area contributed by atoms with E-state index in [9.17, 15) is 18.0 Å². The lowest BCUT2D eigenvalue weighted by molar-refractivity contribution is -0.122. The summed E-state index contributed by atoms with van der Waals surface area (Å²) in [6.07, 6.45) is -3.64. The van der Waals surface area contributed by atoms with Gasteiger partial charge in [0.2, 0.25) is 0 Å². The fraction of sp³-hybridized carbons (Fsp3) is 0.900. The van der Waals surface area contributed by atoms with Gasteiger partial charge in [0.15, 0.2) is 0 Å². The summed E-state index contributed by atoms with van der Waals surface area (Å²) >= 11 is 0. The maximum absolute atomic E-state index is 11.8. The Hall–Kier alpha value is -0.980. The molecule has 0 radical (unpaired) electrons. The highest BCUT2D eigenvalue weighted by Crippen LogP contribution is 2.11. The SMILES string of the molecule is CCN(CC)CCCNC(=O)NCC(F)(F)F. The number of nitrogens with zero attached hydrogens (tertiary/aromatic N) is 1. The number of amides is 2. The van der Waals surface area contributed by atoms with Crippen LogP contribution in [0.15, 0.2) is 0 Å². The maximum Gasteiger partial charge on any atom is 0.405 e. The third-order valence-electron chi connectivity index (χ3n) is 2.28. The van der Waals surface area contributed by atoms with Crippen LogP contribution in [0.3, 0.4) is 0 Å². The average Bonchev–Trinajstić information content (AvgIpc) is 2.26.